The first kappa shape index (κ1) is 8.31. The van der Waals surface area contributed by atoms with Crippen molar-refractivity contribution in [3.8, 4) is 11.3 Å². The summed E-state index contributed by atoms with van der Waals surface area (Å²) in [6, 6.07) is 2.03. The zero-order valence-corrected chi connectivity index (χ0v) is 8.43. The second-order valence-electron chi connectivity index (χ2n) is 3.00. The summed E-state index contributed by atoms with van der Waals surface area (Å²) in [4.78, 5) is 0. The molecule has 0 radical (unpaired) electrons. The largest absolute Gasteiger partial charge is 0.390 e. The van der Waals surface area contributed by atoms with E-state index in [1.54, 1.807) is 11.3 Å². The third kappa shape index (κ3) is 1.23. The lowest BCUT2D eigenvalue weighted by Gasteiger charge is -2.01. The van der Waals surface area contributed by atoms with Crippen LogP contribution in [0.5, 0.6) is 0 Å². The number of thiophene rings is 1. The average Bonchev–Trinajstić information content (AvgIpc) is 2.60. The highest BCUT2D eigenvalue weighted by atomic mass is 32.1. The zero-order chi connectivity index (χ0) is 9.42. The summed E-state index contributed by atoms with van der Waals surface area (Å²) < 4.78 is 1.85. The number of aromatic nitrogens is 2. The highest BCUT2D eigenvalue weighted by molar-refractivity contribution is 7.14. The van der Waals surface area contributed by atoms with E-state index in [1.165, 1.54) is 0 Å². The van der Waals surface area contributed by atoms with Gasteiger partial charge >= 0.3 is 0 Å². The number of hydrogen-bond donors (Lipinski definition) is 1. The molecular formula is C9H11N3S. The Morgan fingerprint density at radius 3 is 2.77 bits per heavy atom. The third-order valence-electron chi connectivity index (χ3n) is 2.07. The topological polar surface area (TPSA) is 43.8 Å². The van der Waals surface area contributed by atoms with E-state index in [2.05, 4.69) is 5.10 Å². The molecule has 0 saturated carbocycles. The van der Waals surface area contributed by atoms with Crippen LogP contribution in [0.25, 0.3) is 11.3 Å². The molecule has 0 spiro atoms. The van der Waals surface area contributed by atoms with Crippen molar-refractivity contribution in [3.63, 3.8) is 0 Å². The maximum Gasteiger partial charge on any atom is 0.0951 e. The van der Waals surface area contributed by atoms with E-state index in [9.17, 15) is 0 Å². The van der Waals surface area contributed by atoms with Crippen LogP contribution in [0, 0.1) is 6.92 Å². The van der Waals surface area contributed by atoms with Gasteiger partial charge in [-0.1, -0.05) is 0 Å². The molecule has 0 aromatic carbocycles. The van der Waals surface area contributed by atoms with Crippen molar-refractivity contribution >= 4 is 16.3 Å². The van der Waals surface area contributed by atoms with Crippen molar-refractivity contribution < 1.29 is 0 Å². The van der Waals surface area contributed by atoms with E-state index in [-0.39, 0.29) is 0 Å². The lowest BCUT2D eigenvalue weighted by atomic mass is 10.1. The Labute approximate surface area is 80.8 Å². The van der Waals surface area contributed by atoms with Crippen LogP contribution < -0.4 is 5.73 Å². The first-order valence-corrected chi connectivity index (χ1v) is 4.90. The van der Waals surface area contributed by atoms with Gasteiger partial charge in [-0.15, -0.1) is 11.3 Å². The van der Waals surface area contributed by atoms with Gasteiger partial charge in [-0.25, -0.2) is 0 Å². The maximum atomic E-state index is 5.85. The minimum Gasteiger partial charge on any atom is -0.390 e. The molecule has 0 amide bonds. The summed E-state index contributed by atoms with van der Waals surface area (Å²) >= 11 is 1.56. The maximum absolute atomic E-state index is 5.85. The number of anilines is 1. The molecule has 2 N–H and O–H groups in total. The Morgan fingerprint density at radius 2 is 2.31 bits per heavy atom. The first-order valence-electron chi connectivity index (χ1n) is 4.02. The molecule has 13 heavy (non-hydrogen) atoms. The predicted molar refractivity (Wildman–Crippen MR) is 55.7 cm³/mol. The summed E-state index contributed by atoms with van der Waals surface area (Å²) in [5, 5.41) is 7.03. The molecule has 4 heteroatoms. The van der Waals surface area contributed by atoms with Gasteiger partial charge in [0.25, 0.3) is 0 Å². The minimum atomic E-state index is 0.853. The lowest BCUT2D eigenvalue weighted by Crippen LogP contribution is -1.95. The third-order valence-corrected chi connectivity index (χ3v) is 2.82. The molecule has 0 saturated heterocycles. The molecule has 0 bridgehead atoms. The van der Waals surface area contributed by atoms with Crippen molar-refractivity contribution in [2.24, 2.45) is 7.05 Å². The van der Waals surface area contributed by atoms with Crippen LogP contribution >= 0.6 is 11.3 Å². The molecule has 68 valence electrons. The first-order chi connectivity index (χ1) is 6.20. The van der Waals surface area contributed by atoms with E-state index >= 15 is 0 Å². The highest BCUT2D eigenvalue weighted by Gasteiger charge is 2.10. The fourth-order valence-electron chi connectivity index (χ4n) is 1.45. The van der Waals surface area contributed by atoms with Gasteiger partial charge in [0, 0.05) is 12.6 Å². The summed E-state index contributed by atoms with van der Waals surface area (Å²) in [7, 11) is 1.93. The molecule has 2 aromatic rings. The Morgan fingerprint density at radius 1 is 1.54 bits per heavy atom. The predicted octanol–water partition coefficient (Wildman–Crippen LogP) is 2.04. The van der Waals surface area contributed by atoms with Crippen molar-refractivity contribution in [1.82, 2.24) is 9.78 Å². The van der Waals surface area contributed by atoms with Crippen LogP contribution in [-0.2, 0) is 7.05 Å². The van der Waals surface area contributed by atoms with Gasteiger partial charge in [0.05, 0.1) is 16.9 Å². The highest BCUT2D eigenvalue weighted by Crippen LogP contribution is 2.31. The van der Waals surface area contributed by atoms with Gasteiger partial charge in [-0.3, -0.25) is 4.68 Å². The number of hydrogen-bond acceptors (Lipinski definition) is 3. The Bertz CT molecular complexity index is 408. The van der Waals surface area contributed by atoms with Crippen molar-refractivity contribution in [3.05, 3.63) is 23.2 Å². The second-order valence-corrected chi connectivity index (χ2v) is 3.95. The molecule has 0 fully saturated rings. The van der Waals surface area contributed by atoms with E-state index in [1.807, 2.05) is 36.3 Å². The zero-order valence-electron chi connectivity index (χ0n) is 7.61. The molecule has 2 heterocycles. The monoisotopic (exact) mass is 193 g/mol. The molecule has 2 aromatic heterocycles. The Hall–Kier alpha value is -1.29. The molecule has 2 rings (SSSR count). The van der Waals surface area contributed by atoms with Crippen LogP contribution in [0.1, 0.15) is 5.56 Å². The van der Waals surface area contributed by atoms with Gasteiger partial charge in [0.15, 0.2) is 0 Å². The fourth-order valence-corrected chi connectivity index (χ4v) is 2.09. The quantitative estimate of drug-likeness (QED) is 0.753. The number of nitrogens with zero attached hydrogens (tertiary/aromatic N) is 2. The van der Waals surface area contributed by atoms with Gasteiger partial charge < -0.3 is 5.73 Å². The van der Waals surface area contributed by atoms with E-state index < -0.39 is 0 Å². The Kier molecular flexibility index (Phi) is 1.84. The van der Waals surface area contributed by atoms with Crippen LogP contribution in [0.15, 0.2) is 17.6 Å². The fraction of sp³-hybridized carbons (Fsp3) is 0.222. The lowest BCUT2D eigenvalue weighted by molar-refractivity contribution is 0.776. The summed E-state index contributed by atoms with van der Waals surface area (Å²) in [5.74, 6) is 0. The SMILES string of the molecule is Cc1cnn(C)c1-c1ccsc1N. The summed E-state index contributed by atoms with van der Waals surface area (Å²) in [6.07, 6.45) is 1.85. The summed E-state index contributed by atoms with van der Waals surface area (Å²) in [5.41, 5.74) is 9.20. The van der Waals surface area contributed by atoms with E-state index in [4.69, 9.17) is 5.73 Å². The molecule has 0 atom stereocenters. The number of nitrogens with two attached hydrogens (primary N) is 1. The van der Waals surface area contributed by atoms with Crippen LogP contribution in [0.2, 0.25) is 0 Å². The van der Waals surface area contributed by atoms with Gasteiger partial charge in [0.2, 0.25) is 0 Å². The van der Waals surface area contributed by atoms with E-state index in [0.29, 0.717) is 0 Å². The minimum absolute atomic E-state index is 0.853. The van der Waals surface area contributed by atoms with Crippen molar-refractivity contribution in [1.29, 1.82) is 0 Å². The molecule has 0 aliphatic heterocycles. The van der Waals surface area contributed by atoms with Gasteiger partial charge in [-0.05, 0) is 23.9 Å². The van der Waals surface area contributed by atoms with Crippen molar-refractivity contribution in [2.45, 2.75) is 6.92 Å². The second kappa shape index (κ2) is 2.88. The van der Waals surface area contributed by atoms with Gasteiger partial charge in [-0.2, -0.15) is 5.10 Å². The molecule has 0 aliphatic rings. The average molecular weight is 193 g/mol. The van der Waals surface area contributed by atoms with Crippen LogP contribution in [0.4, 0.5) is 5.00 Å². The standard InChI is InChI=1S/C9H11N3S/c1-6-5-11-12(2)8(6)7-3-4-13-9(7)10/h3-5H,10H2,1-2H3. The molecular weight excluding hydrogens is 182 g/mol. The van der Waals surface area contributed by atoms with Crippen LogP contribution in [-0.4, -0.2) is 9.78 Å². The molecule has 3 nitrogen and oxygen atoms in total. The van der Waals surface area contributed by atoms with Gasteiger partial charge in [0.1, 0.15) is 0 Å². The van der Waals surface area contributed by atoms with Crippen LogP contribution in [0.3, 0.4) is 0 Å². The van der Waals surface area contributed by atoms with Crippen molar-refractivity contribution in [2.75, 3.05) is 5.73 Å². The number of nitrogen functional groups attached to an aromatic ring is 1. The normalized spacial score (nSPS) is 10.6. The molecule has 0 aliphatic carbocycles. The summed E-state index contributed by atoms with van der Waals surface area (Å²) in [6.45, 7) is 2.04. The Balaban J connectivity index is 2.64. The smallest absolute Gasteiger partial charge is 0.0951 e. The van der Waals surface area contributed by atoms with E-state index in [0.717, 1.165) is 21.8 Å². The number of rotatable bonds is 1. The molecule has 0 unspecified atom stereocenters. The number of aryl methyl sites for hydroxylation is 2.